The predicted molar refractivity (Wildman–Crippen MR) is 31.9 cm³/mol. The molecule has 52 valence electrons. The van der Waals surface area contributed by atoms with Gasteiger partial charge >= 0.3 is 0 Å². The van der Waals surface area contributed by atoms with Gasteiger partial charge in [0.2, 0.25) is 0 Å². The van der Waals surface area contributed by atoms with Crippen molar-refractivity contribution < 1.29 is 14.8 Å². The molecular formula is C4H11ClO3. The first-order valence-corrected chi connectivity index (χ1v) is 2.37. The third-order valence-electron chi connectivity index (χ3n) is 0.231. The maximum atomic E-state index is 6.00. The second-order valence-electron chi connectivity index (χ2n) is 2.19. The Morgan fingerprint density at radius 1 is 1.25 bits per heavy atom. The van der Waals surface area contributed by atoms with E-state index in [0.717, 1.165) is 0 Å². The highest BCUT2D eigenvalue weighted by Crippen LogP contribution is 2.07. The molecule has 3 nitrogen and oxygen atoms in total. The van der Waals surface area contributed by atoms with Crippen molar-refractivity contribution in [1.82, 2.24) is 0 Å². The van der Waals surface area contributed by atoms with E-state index in [9.17, 15) is 0 Å². The van der Waals surface area contributed by atoms with Crippen LogP contribution in [0.5, 0.6) is 0 Å². The molecule has 0 aromatic carbocycles. The van der Waals surface area contributed by atoms with Crippen molar-refractivity contribution in [2.45, 2.75) is 26.4 Å². The zero-order valence-corrected chi connectivity index (χ0v) is 5.94. The van der Waals surface area contributed by atoms with Crippen molar-refractivity contribution in [2.24, 2.45) is 0 Å². The van der Waals surface area contributed by atoms with E-state index >= 15 is 0 Å². The molecule has 0 aromatic rings. The molecule has 0 aliphatic heterocycles. The lowest BCUT2D eigenvalue weighted by molar-refractivity contribution is -0.176. The molecular weight excluding hydrogens is 131 g/mol. The van der Waals surface area contributed by atoms with Gasteiger partial charge < -0.3 is 0 Å². The highest BCUT2D eigenvalue weighted by atomic mass is 35.5. The van der Waals surface area contributed by atoms with Gasteiger partial charge in [0.25, 0.3) is 0 Å². The predicted octanol–water partition coefficient (Wildman–Crippen LogP) is 1.97. The van der Waals surface area contributed by atoms with Crippen LogP contribution in [0.25, 0.3) is 0 Å². The molecule has 8 heavy (non-hydrogen) atoms. The molecule has 0 aliphatic carbocycles. The fraction of sp³-hybridized carbons (Fsp3) is 1.00. The summed E-state index contributed by atoms with van der Waals surface area (Å²) in [5.41, 5.74) is -0.193. The van der Waals surface area contributed by atoms with E-state index in [0.29, 0.717) is 0 Å². The van der Waals surface area contributed by atoms with Gasteiger partial charge in [-0.15, -0.1) is 0 Å². The van der Waals surface area contributed by atoms with Crippen LogP contribution in [-0.2, 0) is 4.29 Å². The molecule has 0 radical (unpaired) electrons. The van der Waals surface area contributed by atoms with E-state index in [2.05, 4.69) is 4.29 Å². The highest BCUT2D eigenvalue weighted by molar-refractivity contribution is 6.07. The van der Waals surface area contributed by atoms with Gasteiger partial charge in [-0.05, 0) is 20.8 Å². The van der Waals surface area contributed by atoms with Crippen molar-refractivity contribution in [1.29, 1.82) is 0 Å². The first kappa shape index (κ1) is 11.0. The zero-order chi connectivity index (χ0) is 7.21. The van der Waals surface area contributed by atoms with Gasteiger partial charge in [0, 0.05) is 0 Å². The molecule has 0 heterocycles. The van der Waals surface area contributed by atoms with Crippen LogP contribution in [-0.4, -0.2) is 16.1 Å². The van der Waals surface area contributed by atoms with Crippen molar-refractivity contribution in [3.8, 4) is 0 Å². The number of hydrogen-bond donors (Lipinski definition) is 2. The average Bonchev–Trinajstić information content (AvgIpc) is 1.71. The van der Waals surface area contributed by atoms with Crippen molar-refractivity contribution in [2.75, 3.05) is 0 Å². The Labute approximate surface area is 53.9 Å². The Balaban J connectivity index is 0. The van der Waals surface area contributed by atoms with Crippen LogP contribution in [0, 0.1) is 0 Å². The van der Waals surface area contributed by atoms with Crippen molar-refractivity contribution in [3.63, 3.8) is 0 Å². The fourth-order valence-corrected chi connectivity index (χ4v) is 0. The van der Waals surface area contributed by atoms with Gasteiger partial charge in [-0.25, -0.2) is 0 Å². The molecule has 4 heteroatoms. The fourth-order valence-electron chi connectivity index (χ4n) is 0. The summed E-state index contributed by atoms with van der Waals surface area (Å²) in [7, 11) is 0. The second kappa shape index (κ2) is 5.31. The lowest BCUT2D eigenvalue weighted by Crippen LogP contribution is -2.12. The van der Waals surface area contributed by atoms with Gasteiger partial charge in [-0.3, -0.25) is 14.8 Å². The van der Waals surface area contributed by atoms with Gasteiger partial charge in [0.15, 0.2) is 0 Å². The summed E-state index contributed by atoms with van der Waals surface area (Å²) in [4.78, 5) is 0. The molecule has 0 amide bonds. The van der Waals surface area contributed by atoms with Crippen LogP contribution in [0.1, 0.15) is 20.8 Å². The minimum atomic E-state index is -0.193. The Hall–Kier alpha value is 0.170. The summed E-state index contributed by atoms with van der Waals surface area (Å²) >= 11 is 4.98. The number of hydrogen-bond acceptors (Lipinski definition) is 3. The van der Waals surface area contributed by atoms with Crippen LogP contribution in [0.15, 0.2) is 0 Å². The molecule has 0 fully saturated rings. The van der Waals surface area contributed by atoms with Crippen molar-refractivity contribution in [3.05, 3.63) is 0 Å². The standard InChI is InChI=1S/C4H9ClO.H2O2/c1-4(2,3)6-5;1-2/h1-3H3;1-2H. The minimum Gasteiger partial charge on any atom is -0.273 e. The Bertz CT molecular complexity index is 41.0. The van der Waals surface area contributed by atoms with Gasteiger partial charge in [0.1, 0.15) is 0 Å². The van der Waals surface area contributed by atoms with E-state index < -0.39 is 0 Å². The maximum absolute atomic E-state index is 6.00. The lowest BCUT2D eigenvalue weighted by Gasteiger charge is -2.10. The number of rotatable bonds is 0. The third-order valence-corrected chi connectivity index (χ3v) is 0.694. The largest absolute Gasteiger partial charge is 0.273 e. The molecule has 0 saturated carbocycles. The molecule has 0 saturated heterocycles. The van der Waals surface area contributed by atoms with Crippen LogP contribution >= 0.6 is 11.9 Å². The molecule has 0 aliphatic rings. The highest BCUT2D eigenvalue weighted by Gasteiger charge is 2.06. The van der Waals surface area contributed by atoms with Gasteiger partial charge in [-0.1, -0.05) is 0 Å². The molecule has 0 aromatic heterocycles. The summed E-state index contributed by atoms with van der Waals surface area (Å²) in [5, 5.41) is 12.0. The maximum Gasteiger partial charge on any atom is 0.0813 e. The van der Waals surface area contributed by atoms with E-state index in [-0.39, 0.29) is 5.60 Å². The van der Waals surface area contributed by atoms with Crippen LogP contribution in [0.3, 0.4) is 0 Å². The molecule has 0 spiro atoms. The average molecular weight is 143 g/mol. The first-order chi connectivity index (χ1) is 3.56. The normalized spacial score (nSPS) is 9.75. The number of halogens is 1. The summed E-state index contributed by atoms with van der Waals surface area (Å²) in [6.07, 6.45) is 0. The summed E-state index contributed by atoms with van der Waals surface area (Å²) in [5.74, 6) is 0. The van der Waals surface area contributed by atoms with Crippen molar-refractivity contribution >= 4 is 11.9 Å². The molecule has 0 rings (SSSR count). The monoisotopic (exact) mass is 142 g/mol. The van der Waals surface area contributed by atoms with Gasteiger partial charge in [-0.2, -0.15) is 0 Å². The molecule has 0 bridgehead atoms. The summed E-state index contributed by atoms with van der Waals surface area (Å²) in [6.45, 7) is 5.67. The Kier molecular flexibility index (Phi) is 7.32. The van der Waals surface area contributed by atoms with E-state index in [1.807, 2.05) is 20.8 Å². The minimum absolute atomic E-state index is 0.193. The van der Waals surface area contributed by atoms with E-state index in [1.54, 1.807) is 0 Å². The SMILES string of the molecule is CC(C)(C)OCl.OO. The van der Waals surface area contributed by atoms with Gasteiger partial charge in [0.05, 0.1) is 17.5 Å². The van der Waals surface area contributed by atoms with Crippen LogP contribution in [0.4, 0.5) is 0 Å². The quantitative estimate of drug-likeness (QED) is 0.402. The summed E-state index contributed by atoms with van der Waals surface area (Å²) in [6, 6.07) is 0. The van der Waals surface area contributed by atoms with E-state index in [1.165, 1.54) is 0 Å². The zero-order valence-electron chi connectivity index (χ0n) is 5.18. The van der Waals surface area contributed by atoms with E-state index in [4.69, 9.17) is 22.4 Å². The lowest BCUT2D eigenvalue weighted by atomic mass is 10.2. The molecule has 0 atom stereocenters. The topological polar surface area (TPSA) is 49.7 Å². The molecule has 2 N–H and O–H groups in total. The smallest absolute Gasteiger partial charge is 0.0813 e. The molecule has 0 unspecified atom stereocenters. The Morgan fingerprint density at radius 2 is 1.38 bits per heavy atom. The third kappa shape index (κ3) is 16.4. The Morgan fingerprint density at radius 3 is 1.38 bits per heavy atom. The second-order valence-corrected chi connectivity index (χ2v) is 2.34. The van der Waals surface area contributed by atoms with Crippen LogP contribution in [0.2, 0.25) is 0 Å². The summed E-state index contributed by atoms with van der Waals surface area (Å²) < 4.78 is 4.41. The van der Waals surface area contributed by atoms with Crippen LogP contribution < -0.4 is 0 Å². The first-order valence-electron chi connectivity index (χ1n) is 2.06.